The van der Waals surface area contributed by atoms with Crippen molar-refractivity contribution in [2.24, 2.45) is 0 Å². The third-order valence-electron chi connectivity index (χ3n) is 2.03. The number of carbonyl (C=O) groups excluding carboxylic acids is 2. The van der Waals surface area contributed by atoms with Crippen LogP contribution in [0, 0.1) is 0 Å². The van der Waals surface area contributed by atoms with Crippen LogP contribution in [0.2, 0.25) is 0 Å². The summed E-state index contributed by atoms with van der Waals surface area (Å²) in [5.74, 6) is -1.10. The number of hydrogen-bond donors (Lipinski definition) is 0. The van der Waals surface area contributed by atoms with Crippen LogP contribution in [-0.2, 0) is 25.7 Å². The van der Waals surface area contributed by atoms with Crippen LogP contribution in [-0.4, -0.2) is 18.5 Å². The Hall–Kier alpha value is -2.10. The smallest absolute Gasteiger partial charge is 0.331 e. The number of rotatable bonds is 6. The van der Waals surface area contributed by atoms with E-state index in [2.05, 4.69) is 0 Å². The maximum Gasteiger partial charge on any atom is 0.331 e. The zero-order valence-electron chi connectivity index (χ0n) is 10.3. The molecule has 0 aromatic heterocycles. The Balaban J connectivity index is 2.29. The molecule has 4 heteroatoms. The zero-order valence-corrected chi connectivity index (χ0v) is 10.3. The first kappa shape index (κ1) is 14.0. The summed E-state index contributed by atoms with van der Waals surface area (Å²) in [6, 6.07) is 9.32. The average molecular weight is 248 g/mol. The van der Waals surface area contributed by atoms with E-state index in [1.807, 2.05) is 37.3 Å². The Morgan fingerprint density at radius 3 is 2.28 bits per heavy atom. The molecular weight excluding hydrogens is 232 g/mol. The summed E-state index contributed by atoms with van der Waals surface area (Å²) in [6.45, 7) is 2.43. The van der Waals surface area contributed by atoms with E-state index in [9.17, 15) is 9.59 Å². The fourth-order valence-electron chi connectivity index (χ4n) is 1.16. The third kappa shape index (κ3) is 5.84. The van der Waals surface area contributed by atoms with Crippen molar-refractivity contribution >= 4 is 11.9 Å². The van der Waals surface area contributed by atoms with Crippen LogP contribution in [0.1, 0.15) is 18.9 Å². The average Bonchev–Trinajstić information content (AvgIpc) is 2.41. The van der Waals surface area contributed by atoms with Crippen molar-refractivity contribution in [2.45, 2.75) is 20.0 Å². The van der Waals surface area contributed by atoms with Crippen molar-refractivity contribution in [2.75, 3.05) is 6.61 Å². The highest BCUT2D eigenvalue weighted by Crippen LogP contribution is 2.00. The molecule has 0 amide bonds. The van der Waals surface area contributed by atoms with Gasteiger partial charge in [0.1, 0.15) is 6.61 Å². The first-order valence-electron chi connectivity index (χ1n) is 5.78. The van der Waals surface area contributed by atoms with Gasteiger partial charge in [-0.1, -0.05) is 37.3 Å². The normalized spacial score (nSPS) is 10.3. The maximum atomic E-state index is 11.3. The lowest BCUT2D eigenvalue weighted by Crippen LogP contribution is -2.05. The van der Waals surface area contributed by atoms with E-state index in [-0.39, 0.29) is 6.61 Å². The first-order valence-corrected chi connectivity index (χ1v) is 5.78. The SMILES string of the molecule is CCCOC(=O)/C=C\C(=O)OCc1ccccc1. The summed E-state index contributed by atoms with van der Waals surface area (Å²) >= 11 is 0. The van der Waals surface area contributed by atoms with E-state index in [1.165, 1.54) is 0 Å². The second kappa shape index (κ2) is 8.06. The number of ether oxygens (including phenoxy) is 2. The van der Waals surface area contributed by atoms with Gasteiger partial charge in [0, 0.05) is 12.2 Å². The number of hydrogen-bond acceptors (Lipinski definition) is 4. The second-order valence-corrected chi connectivity index (χ2v) is 3.59. The Morgan fingerprint density at radius 2 is 1.67 bits per heavy atom. The van der Waals surface area contributed by atoms with Crippen LogP contribution in [0.3, 0.4) is 0 Å². The number of esters is 2. The summed E-state index contributed by atoms with van der Waals surface area (Å²) in [5, 5.41) is 0. The summed E-state index contributed by atoms with van der Waals surface area (Å²) in [4.78, 5) is 22.3. The minimum Gasteiger partial charge on any atom is -0.463 e. The van der Waals surface area contributed by atoms with Gasteiger partial charge in [-0.3, -0.25) is 0 Å². The molecule has 0 saturated heterocycles. The van der Waals surface area contributed by atoms with Gasteiger partial charge in [0.2, 0.25) is 0 Å². The van der Waals surface area contributed by atoms with E-state index in [0.717, 1.165) is 24.1 Å². The van der Waals surface area contributed by atoms with Gasteiger partial charge in [0.25, 0.3) is 0 Å². The van der Waals surface area contributed by atoms with Crippen LogP contribution >= 0.6 is 0 Å². The van der Waals surface area contributed by atoms with Gasteiger partial charge in [0.15, 0.2) is 0 Å². The van der Waals surface area contributed by atoms with Gasteiger partial charge < -0.3 is 9.47 Å². The molecule has 0 aliphatic heterocycles. The number of carbonyl (C=O) groups is 2. The molecular formula is C14H16O4. The molecule has 0 radical (unpaired) electrons. The highest BCUT2D eigenvalue weighted by Gasteiger charge is 2.01. The van der Waals surface area contributed by atoms with Crippen molar-refractivity contribution < 1.29 is 19.1 Å². The van der Waals surface area contributed by atoms with Crippen LogP contribution < -0.4 is 0 Å². The molecule has 18 heavy (non-hydrogen) atoms. The predicted molar refractivity (Wildman–Crippen MR) is 66.6 cm³/mol. The van der Waals surface area contributed by atoms with Crippen molar-refractivity contribution in [1.29, 1.82) is 0 Å². The molecule has 1 aromatic carbocycles. The monoisotopic (exact) mass is 248 g/mol. The second-order valence-electron chi connectivity index (χ2n) is 3.59. The molecule has 0 atom stereocenters. The van der Waals surface area contributed by atoms with Gasteiger partial charge in [-0.25, -0.2) is 9.59 Å². The van der Waals surface area contributed by atoms with E-state index in [4.69, 9.17) is 9.47 Å². The minimum atomic E-state index is -0.563. The molecule has 1 rings (SSSR count). The lowest BCUT2D eigenvalue weighted by Gasteiger charge is -2.01. The molecule has 0 aliphatic carbocycles. The van der Waals surface area contributed by atoms with Crippen molar-refractivity contribution in [3.8, 4) is 0 Å². The molecule has 0 bridgehead atoms. The third-order valence-corrected chi connectivity index (χ3v) is 2.03. The zero-order chi connectivity index (χ0) is 13.2. The minimum absolute atomic E-state index is 0.189. The Bertz CT molecular complexity index is 409. The molecule has 0 saturated carbocycles. The van der Waals surface area contributed by atoms with Crippen molar-refractivity contribution in [1.82, 2.24) is 0 Å². The lowest BCUT2D eigenvalue weighted by molar-refractivity contribution is -0.141. The summed E-state index contributed by atoms with van der Waals surface area (Å²) < 4.78 is 9.72. The molecule has 4 nitrogen and oxygen atoms in total. The Kier molecular flexibility index (Phi) is 6.25. The van der Waals surface area contributed by atoms with Gasteiger partial charge in [-0.05, 0) is 12.0 Å². The summed E-state index contributed by atoms with van der Waals surface area (Å²) in [7, 11) is 0. The summed E-state index contributed by atoms with van der Waals surface area (Å²) in [5.41, 5.74) is 0.896. The molecule has 0 aliphatic rings. The fraction of sp³-hybridized carbons (Fsp3) is 0.286. The topological polar surface area (TPSA) is 52.6 Å². The molecule has 0 unspecified atom stereocenters. The van der Waals surface area contributed by atoms with Crippen molar-refractivity contribution in [3.05, 3.63) is 48.0 Å². The molecule has 0 heterocycles. The van der Waals surface area contributed by atoms with Gasteiger partial charge in [-0.2, -0.15) is 0 Å². The van der Waals surface area contributed by atoms with Crippen LogP contribution in [0.5, 0.6) is 0 Å². The van der Waals surface area contributed by atoms with E-state index in [0.29, 0.717) is 6.61 Å². The standard InChI is InChI=1S/C14H16O4/c1-2-10-17-13(15)8-9-14(16)18-11-12-6-4-3-5-7-12/h3-9H,2,10-11H2,1H3/b9-8-. The van der Waals surface area contributed by atoms with Crippen LogP contribution in [0.25, 0.3) is 0 Å². The van der Waals surface area contributed by atoms with Crippen LogP contribution in [0.15, 0.2) is 42.5 Å². The van der Waals surface area contributed by atoms with Crippen molar-refractivity contribution in [3.63, 3.8) is 0 Å². The molecule has 0 spiro atoms. The number of benzene rings is 1. The highest BCUT2D eigenvalue weighted by atomic mass is 16.5. The Morgan fingerprint density at radius 1 is 1.06 bits per heavy atom. The lowest BCUT2D eigenvalue weighted by atomic mass is 10.2. The fourth-order valence-corrected chi connectivity index (χ4v) is 1.16. The molecule has 1 aromatic rings. The molecule has 0 N–H and O–H groups in total. The summed E-state index contributed by atoms with van der Waals surface area (Å²) in [6.07, 6.45) is 2.89. The van der Waals surface area contributed by atoms with E-state index < -0.39 is 11.9 Å². The van der Waals surface area contributed by atoms with Crippen LogP contribution in [0.4, 0.5) is 0 Å². The Labute approximate surface area is 106 Å². The largest absolute Gasteiger partial charge is 0.463 e. The van der Waals surface area contributed by atoms with E-state index >= 15 is 0 Å². The molecule has 96 valence electrons. The van der Waals surface area contributed by atoms with Gasteiger partial charge in [0.05, 0.1) is 6.61 Å². The predicted octanol–water partition coefficient (Wildman–Crippen LogP) is 2.24. The first-order chi connectivity index (χ1) is 8.72. The van der Waals surface area contributed by atoms with E-state index in [1.54, 1.807) is 0 Å². The van der Waals surface area contributed by atoms with Gasteiger partial charge >= 0.3 is 11.9 Å². The van der Waals surface area contributed by atoms with Gasteiger partial charge in [-0.15, -0.1) is 0 Å². The maximum absolute atomic E-state index is 11.3. The quantitative estimate of drug-likeness (QED) is 0.572. The highest BCUT2D eigenvalue weighted by molar-refractivity contribution is 5.91. The molecule has 0 fully saturated rings.